The molecule has 0 spiro atoms. The highest BCUT2D eigenvalue weighted by atomic mass is 15.2. The van der Waals surface area contributed by atoms with Crippen LogP contribution >= 0.6 is 0 Å². The van der Waals surface area contributed by atoms with Crippen molar-refractivity contribution in [1.29, 1.82) is 0 Å². The number of nitrogens with one attached hydrogen (secondary N) is 1. The first kappa shape index (κ1) is 14.6. The van der Waals surface area contributed by atoms with E-state index in [1.165, 1.54) is 11.3 Å². The third-order valence-corrected chi connectivity index (χ3v) is 3.44. The van der Waals surface area contributed by atoms with E-state index in [0.29, 0.717) is 6.04 Å². The van der Waals surface area contributed by atoms with E-state index in [0.717, 1.165) is 18.7 Å². The van der Waals surface area contributed by atoms with Crippen LogP contribution in [0.25, 0.3) is 0 Å². The van der Waals surface area contributed by atoms with Gasteiger partial charge in [-0.05, 0) is 30.3 Å². The van der Waals surface area contributed by atoms with Gasteiger partial charge in [-0.25, -0.2) is 0 Å². The Hall–Kier alpha value is -1.81. The van der Waals surface area contributed by atoms with Gasteiger partial charge in [0.05, 0.1) is 5.69 Å². The standard InChI is InChI=1S/C16H24N4/c1-5-17-16(12-14-10-11-20(4)18-14)13-6-8-15(9-7-13)19(2)3/h6-11,16-17H,5,12H2,1-4H3. The minimum Gasteiger partial charge on any atom is -0.378 e. The van der Waals surface area contributed by atoms with Crippen LogP contribution in [0.5, 0.6) is 0 Å². The van der Waals surface area contributed by atoms with Crippen LogP contribution in [0, 0.1) is 0 Å². The van der Waals surface area contributed by atoms with Crippen LogP contribution in [0.1, 0.15) is 24.2 Å². The van der Waals surface area contributed by atoms with Gasteiger partial charge >= 0.3 is 0 Å². The first-order valence-electron chi connectivity index (χ1n) is 7.09. The fourth-order valence-electron chi connectivity index (χ4n) is 2.34. The van der Waals surface area contributed by atoms with Crippen molar-refractivity contribution in [2.45, 2.75) is 19.4 Å². The van der Waals surface area contributed by atoms with Gasteiger partial charge in [-0.1, -0.05) is 19.1 Å². The van der Waals surface area contributed by atoms with Crippen LogP contribution in [0.4, 0.5) is 5.69 Å². The van der Waals surface area contributed by atoms with Gasteiger partial charge in [0.2, 0.25) is 0 Å². The predicted octanol–water partition coefficient (Wildman–Crippen LogP) is 2.38. The summed E-state index contributed by atoms with van der Waals surface area (Å²) in [4.78, 5) is 2.12. The predicted molar refractivity (Wildman–Crippen MR) is 84.1 cm³/mol. The first-order chi connectivity index (χ1) is 9.60. The summed E-state index contributed by atoms with van der Waals surface area (Å²) in [5, 5.41) is 8.01. The normalized spacial score (nSPS) is 12.4. The van der Waals surface area contributed by atoms with Gasteiger partial charge in [-0.3, -0.25) is 4.68 Å². The van der Waals surface area contributed by atoms with Crippen LogP contribution in [-0.4, -0.2) is 30.4 Å². The highest BCUT2D eigenvalue weighted by molar-refractivity contribution is 5.46. The first-order valence-corrected chi connectivity index (χ1v) is 7.09. The Morgan fingerprint density at radius 3 is 2.40 bits per heavy atom. The van der Waals surface area contributed by atoms with Gasteiger partial charge in [0.15, 0.2) is 0 Å². The zero-order valence-electron chi connectivity index (χ0n) is 12.8. The molecule has 0 saturated carbocycles. The summed E-state index contributed by atoms with van der Waals surface area (Å²) in [6.07, 6.45) is 2.91. The SMILES string of the molecule is CCNC(Cc1ccn(C)n1)c1ccc(N(C)C)cc1. The minimum absolute atomic E-state index is 0.311. The third-order valence-electron chi connectivity index (χ3n) is 3.44. The number of benzene rings is 1. The molecule has 1 aromatic carbocycles. The summed E-state index contributed by atoms with van der Waals surface area (Å²) in [6.45, 7) is 3.09. The highest BCUT2D eigenvalue weighted by Gasteiger charge is 2.12. The second-order valence-corrected chi connectivity index (χ2v) is 5.28. The maximum atomic E-state index is 4.47. The summed E-state index contributed by atoms with van der Waals surface area (Å²) >= 11 is 0. The van der Waals surface area contributed by atoms with Crippen molar-refractivity contribution in [2.24, 2.45) is 7.05 Å². The summed E-state index contributed by atoms with van der Waals surface area (Å²) < 4.78 is 1.85. The van der Waals surface area contributed by atoms with Gasteiger partial charge in [0.1, 0.15) is 0 Å². The van der Waals surface area contributed by atoms with Gasteiger partial charge in [-0.15, -0.1) is 0 Å². The molecular formula is C16H24N4. The fraction of sp³-hybridized carbons (Fsp3) is 0.438. The van der Waals surface area contributed by atoms with E-state index in [1.807, 2.05) is 17.9 Å². The number of likely N-dealkylation sites (N-methyl/N-ethyl adjacent to an activating group) is 1. The maximum Gasteiger partial charge on any atom is 0.0643 e. The van der Waals surface area contributed by atoms with E-state index in [1.54, 1.807) is 0 Å². The molecule has 1 aromatic heterocycles. The van der Waals surface area contributed by atoms with Crippen molar-refractivity contribution in [2.75, 3.05) is 25.5 Å². The fourth-order valence-corrected chi connectivity index (χ4v) is 2.34. The van der Waals surface area contributed by atoms with E-state index in [2.05, 4.69) is 66.7 Å². The van der Waals surface area contributed by atoms with Crippen molar-refractivity contribution in [3.05, 3.63) is 47.8 Å². The highest BCUT2D eigenvalue weighted by Crippen LogP contribution is 2.20. The van der Waals surface area contributed by atoms with E-state index in [9.17, 15) is 0 Å². The van der Waals surface area contributed by atoms with Crippen LogP contribution in [0.3, 0.4) is 0 Å². The zero-order chi connectivity index (χ0) is 14.5. The number of anilines is 1. The van der Waals surface area contributed by atoms with E-state index < -0.39 is 0 Å². The molecule has 0 aliphatic rings. The Labute approximate surface area is 121 Å². The van der Waals surface area contributed by atoms with Crippen molar-refractivity contribution >= 4 is 5.69 Å². The van der Waals surface area contributed by atoms with Gasteiger partial charge in [0, 0.05) is 45.5 Å². The molecule has 1 heterocycles. The van der Waals surface area contributed by atoms with Gasteiger partial charge in [0.25, 0.3) is 0 Å². The van der Waals surface area contributed by atoms with E-state index in [4.69, 9.17) is 0 Å². The van der Waals surface area contributed by atoms with Crippen molar-refractivity contribution < 1.29 is 0 Å². The summed E-state index contributed by atoms with van der Waals surface area (Å²) in [5.74, 6) is 0. The minimum atomic E-state index is 0.311. The molecule has 2 rings (SSSR count). The zero-order valence-corrected chi connectivity index (χ0v) is 12.8. The van der Waals surface area contributed by atoms with Crippen LogP contribution in [0.15, 0.2) is 36.5 Å². The molecule has 0 aliphatic carbocycles. The molecule has 1 unspecified atom stereocenters. The largest absolute Gasteiger partial charge is 0.378 e. The van der Waals surface area contributed by atoms with Crippen LogP contribution in [-0.2, 0) is 13.5 Å². The smallest absolute Gasteiger partial charge is 0.0643 e. The van der Waals surface area contributed by atoms with Gasteiger partial charge in [-0.2, -0.15) is 5.10 Å². The molecule has 20 heavy (non-hydrogen) atoms. The molecule has 0 saturated heterocycles. The van der Waals surface area contributed by atoms with E-state index in [-0.39, 0.29) is 0 Å². The van der Waals surface area contributed by atoms with Gasteiger partial charge < -0.3 is 10.2 Å². The summed E-state index contributed by atoms with van der Waals surface area (Å²) in [6, 6.07) is 11.1. The Balaban J connectivity index is 2.15. The number of hydrogen-bond donors (Lipinski definition) is 1. The second-order valence-electron chi connectivity index (χ2n) is 5.28. The molecule has 1 N–H and O–H groups in total. The molecule has 0 radical (unpaired) electrons. The van der Waals surface area contributed by atoms with Crippen LogP contribution in [0.2, 0.25) is 0 Å². The number of aryl methyl sites for hydroxylation is 1. The summed E-state index contributed by atoms with van der Waals surface area (Å²) in [5.41, 5.74) is 3.65. The Morgan fingerprint density at radius 1 is 1.20 bits per heavy atom. The lowest BCUT2D eigenvalue weighted by molar-refractivity contribution is 0.540. The number of aromatic nitrogens is 2. The molecular weight excluding hydrogens is 248 g/mol. The Bertz CT molecular complexity index is 528. The molecule has 4 heteroatoms. The summed E-state index contributed by atoms with van der Waals surface area (Å²) in [7, 11) is 6.08. The van der Waals surface area contributed by atoms with Crippen molar-refractivity contribution in [3.63, 3.8) is 0 Å². The molecule has 0 amide bonds. The van der Waals surface area contributed by atoms with Crippen LogP contribution < -0.4 is 10.2 Å². The molecule has 0 bridgehead atoms. The number of nitrogens with zero attached hydrogens (tertiary/aromatic N) is 3. The Morgan fingerprint density at radius 2 is 1.90 bits per heavy atom. The Kier molecular flexibility index (Phi) is 4.79. The lowest BCUT2D eigenvalue weighted by Gasteiger charge is -2.19. The molecule has 2 aromatic rings. The molecule has 1 atom stereocenters. The molecule has 0 fully saturated rings. The van der Waals surface area contributed by atoms with E-state index >= 15 is 0 Å². The molecule has 108 valence electrons. The average molecular weight is 272 g/mol. The maximum absolute atomic E-state index is 4.47. The third kappa shape index (κ3) is 3.61. The average Bonchev–Trinajstić information content (AvgIpc) is 2.84. The van der Waals surface area contributed by atoms with Crippen molar-refractivity contribution in [1.82, 2.24) is 15.1 Å². The quantitative estimate of drug-likeness (QED) is 0.876. The van der Waals surface area contributed by atoms with Crippen molar-refractivity contribution in [3.8, 4) is 0 Å². The molecule has 0 aliphatic heterocycles. The lowest BCUT2D eigenvalue weighted by atomic mass is 10.0. The number of hydrogen-bond acceptors (Lipinski definition) is 3. The lowest BCUT2D eigenvalue weighted by Crippen LogP contribution is -2.23. The topological polar surface area (TPSA) is 33.1 Å². The number of rotatable bonds is 6. The molecule has 4 nitrogen and oxygen atoms in total. The second kappa shape index (κ2) is 6.57. The monoisotopic (exact) mass is 272 g/mol.